The number of morpholine rings is 1. The third-order valence-electron chi connectivity index (χ3n) is 4.39. The number of hydrogen-bond acceptors (Lipinski definition) is 4. The average molecular weight is 339 g/mol. The summed E-state index contributed by atoms with van der Waals surface area (Å²) in [7, 11) is 0. The minimum Gasteiger partial charge on any atom is -0.378 e. The molecule has 0 atom stereocenters. The van der Waals surface area contributed by atoms with Crippen molar-refractivity contribution in [2.45, 2.75) is 0 Å². The van der Waals surface area contributed by atoms with Gasteiger partial charge in [0.05, 0.1) is 24.5 Å². The van der Waals surface area contributed by atoms with Gasteiger partial charge in [0.1, 0.15) is 5.82 Å². The molecule has 6 heteroatoms. The van der Waals surface area contributed by atoms with Gasteiger partial charge in [-0.25, -0.2) is 4.39 Å². The Hall–Kier alpha value is -2.86. The number of anilines is 3. The first kappa shape index (κ1) is 15.7. The van der Waals surface area contributed by atoms with Crippen molar-refractivity contribution < 1.29 is 13.9 Å². The summed E-state index contributed by atoms with van der Waals surface area (Å²) in [5.41, 5.74) is 3.73. The van der Waals surface area contributed by atoms with Crippen LogP contribution in [0.2, 0.25) is 0 Å². The predicted molar refractivity (Wildman–Crippen MR) is 96.1 cm³/mol. The minimum atomic E-state index is -0.369. The Morgan fingerprint density at radius 3 is 2.64 bits per heavy atom. The molecular formula is C19H18FN3O2. The molecule has 2 aliphatic heterocycles. The molecule has 4 rings (SSSR count). The van der Waals surface area contributed by atoms with E-state index in [1.807, 2.05) is 24.3 Å². The highest BCUT2D eigenvalue weighted by Crippen LogP contribution is 2.32. The monoisotopic (exact) mass is 339 g/mol. The first-order valence-corrected chi connectivity index (χ1v) is 8.21. The highest BCUT2D eigenvalue weighted by atomic mass is 19.1. The number of rotatable bonds is 3. The van der Waals surface area contributed by atoms with Crippen LogP contribution in [0, 0.1) is 5.82 Å². The lowest BCUT2D eigenvalue weighted by atomic mass is 10.1. The summed E-state index contributed by atoms with van der Waals surface area (Å²) in [6, 6.07) is 12.3. The second-order valence-corrected chi connectivity index (χ2v) is 5.99. The Morgan fingerprint density at radius 2 is 1.88 bits per heavy atom. The van der Waals surface area contributed by atoms with Gasteiger partial charge >= 0.3 is 0 Å². The first-order valence-electron chi connectivity index (χ1n) is 8.21. The zero-order valence-electron chi connectivity index (χ0n) is 13.6. The quantitative estimate of drug-likeness (QED) is 0.844. The molecule has 2 aromatic rings. The summed E-state index contributed by atoms with van der Waals surface area (Å²) < 4.78 is 18.6. The van der Waals surface area contributed by atoms with Gasteiger partial charge in [0.25, 0.3) is 5.91 Å². The van der Waals surface area contributed by atoms with Gasteiger partial charge in [0.15, 0.2) is 0 Å². The van der Waals surface area contributed by atoms with E-state index in [4.69, 9.17) is 4.74 Å². The van der Waals surface area contributed by atoms with Crippen LogP contribution < -0.4 is 15.5 Å². The number of halogens is 1. The maximum absolute atomic E-state index is 13.3. The summed E-state index contributed by atoms with van der Waals surface area (Å²) in [6.07, 6.45) is 1.66. The molecule has 2 heterocycles. The number of nitrogens with zero attached hydrogens (tertiary/aromatic N) is 1. The second-order valence-electron chi connectivity index (χ2n) is 5.99. The molecule has 0 spiro atoms. The Balaban J connectivity index is 1.49. The molecule has 1 amide bonds. The van der Waals surface area contributed by atoms with Crippen LogP contribution in [0.15, 0.2) is 48.7 Å². The molecule has 2 N–H and O–H groups in total. The Kier molecular flexibility index (Phi) is 4.11. The number of benzene rings is 2. The standard InChI is InChI=1S/C19H18FN3O2/c20-13-1-6-16-17(19(24)22-18(16)11-13)12-21-14-2-4-15(5-3-14)23-7-9-25-10-8-23/h1-6,11-12,21H,7-10H2,(H,22,24). The van der Waals surface area contributed by atoms with Gasteiger partial charge in [-0.2, -0.15) is 0 Å². The molecular weight excluding hydrogens is 321 g/mol. The van der Waals surface area contributed by atoms with Crippen LogP contribution in [0.4, 0.5) is 21.5 Å². The molecule has 0 saturated carbocycles. The lowest BCUT2D eigenvalue weighted by molar-refractivity contribution is -0.110. The second kappa shape index (κ2) is 6.57. The molecule has 128 valence electrons. The molecule has 0 aliphatic carbocycles. The molecule has 5 nitrogen and oxygen atoms in total. The maximum atomic E-state index is 13.3. The average Bonchev–Trinajstić information content (AvgIpc) is 2.95. The van der Waals surface area contributed by atoms with Gasteiger partial charge in [0.2, 0.25) is 0 Å². The van der Waals surface area contributed by atoms with Crippen molar-refractivity contribution in [3.05, 3.63) is 60.0 Å². The number of ether oxygens (including phenoxy) is 1. The van der Waals surface area contributed by atoms with E-state index in [1.54, 1.807) is 12.3 Å². The van der Waals surface area contributed by atoms with Crippen LogP contribution >= 0.6 is 0 Å². The molecule has 1 fully saturated rings. The van der Waals surface area contributed by atoms with Gasteiger partial charge in [-0.1, -0.05) is 0 Å². The molecule has 0 bridgehead atoms. The summed E-state index contributed by atoms with van der Waals surface area (Å²) in [6.45, 7) is 3.29. The van der Waals surface area contributed by atoms with Crippen LogP contribution in [-0.2, 0) is 9.53 Å². The minimum absolute atomic E-state index is 0.238. The largest absolute Gasteiger partial charge is 0.378 e. The third kappa shape index (κ3) is 3.21. The normalized spacial score (nSPS) is 18.2. The molecule has 25 heavy (non-hydrogen) atoms. The van der Waals surface area contributed by atoms with Gasteiger partial charge in [-0.15, -0.1) is 0 Å². The van der Waals surface area contributed by atoms with Crippen molar-refractivity contribution in [2.24, 2.45) is 0 Å². The van der Waals surface area contributed by atoms with Gasteiger partial charge in [-0.3, -0.25) is 4.79 Å². The summed E-state index contributed by atoms with van der Waals surface area (Å²) in [5.74, 6) is -0.606. The maximum Gasteiger partial charge on any atom is 0.257 e. The number of amides is 1. The third-order valence-corrected chi connectivity index (χ3v) is 4.39. The van der Waals surface area contributed by atoms with Gasteiger partial charge in [0, 0.05) is 36.2 Å². The fraction of sp³-hybridized carbons (Fsp3) is 0.211. The van der Waals surface area contributed by atoms with Crippen LogP contribution in [0.3, 0.4) is 0 Å². The molecule has 2 aromatic carbocycles. The zero-order valence-corrected chi connectivity index (χ0v) is 13.6. The van der Waals surface area contributed by atoms with Crippen molar-refractivity contribution in [2.75, 3.05) is 41.8 Å². The lowest BCUT2D eigenvalue weighted by Gasteiger charge is -2.28. The van der Waals surface area contributed by atoms with Crippen LogP contribution in [0.5, 0.6) is 0 Å². The van der Waals surface area contributed by atoms with Crippen molar-refractivity contribution in [3.63, 3.8) is 0 Å². The van der Waals surface area contributed by atoms with E-state index < -0.39 is 0 Å². The number of nitrogens with one attached hydrogen (secondary N) is 2. The van der Waals surface area contributed by atoms with Crippen molar-refractivity contribution in [3.8, 4) is 0 Å². The molecule has 0 aromatic heterocycles. The Labute approximate surface area is 145 Å². The molecule has 1 saturated heterocycles. The SMILES string of the molecule is O=C1Nc2cc(F)ccc2C1=CNc1ccc(N2CCOCC2)cc1. The summed E-state index contributed by atoms with van der Waals surface area (Å²) in [5, 5.41) is 5.81. The van der Waals surface area contributed by atoms with Crippen LogP contribution in [0.25, 0.3) is 5.57 Å². The summed E-state index contributed by atoms with van der Waals surface area (Å²) >= 11 is 0. The Morgan fingerprint density at radius 1 is 1.12 bits per heavy atom. The van der Waals surface area contributed by atoms with Crippen molar-refractivity contribution >= 4 is 28.5 Å². The van der Waals surface area contributed by atoms with E-state index in [1.165, 1.54) is 12.1 Å². The fourth-order valence-corrected chi connectivity index (χ4v) is 3.06. The van der Waals surface area contributed by atoms with Crippen molar-refractivity contribution in [1.82, 2.24) is 0 Å². The highest BCUT2D eigenvalue weighted by Gasteiger charge is 2.24. The molecule has 0 unspecified atom stereocenters. The van der Waals surface area contributed by atoms with Crippen LogP contribution in [0.1, 0.15) is 5.56 Å². The number of hydrogen-bond donors (Lipinski definition) is 2. The van der Waals surface area contributed by atoms with E-state index in [0.29, 0.717) is 16.8 Å². The number of fused-ring (bicyclic) bond motifs is 1. The predicted octanol–water partition coefficient (Wildman–Crippen LogP) is 3.07. The Bertz CT molecular complexity index is 827. The van der Waals surface area contributed by atoms with E-state index in [2.05, 4.69) is 15.5 Å². The topological polar surface area (TPSA) is 53.6 Å². The summed E-state index contributed by atoms with van der Waals surface area (Å²) in [4.78, 5) is 14.3. The van der Waals surface area contributed by atoms with Gasteiger partial charge < -0.3 is 20.3 Å². The number of carbonyl (C=O) groups excluding carboxylic acids is 1. The smallest absolute Gasteiger partial charge is 0.257 e. The lowest BCUT2D eigenvalue weighted by Crippen LogP contribution is -2.36. The number of carbonyl (C=O) groups is 1. The zero-order chi connectivity index (χ0) is 17.2. The van der Waals surface area contributed by atoms with E-state index >= 15 is 0 Å². The van der Waals surface area contributed by atoms with E-state index in [0.717, 1.165) is 37.7 Å². The highest BCUT2D eigenvalue weighted by molar-refractivity contribution is 6.31. The molecule has 0 radical (unpaired) electrons. The van der Waals surface area contributed by atoms with E-state index in [-0.39, 0.29) is 11.7 Å². The molecule has 2 aliphatic rings. The van der Waals surface area contributed by atoms with E-state index in [9.17, 15) is 9.18 Å². The fourth-order valence-electron chi connectivity index (χ4n) is 3.06. The van der Waals surface area contributed by atoms with Gasteiger partial charge in [-0.05, 0) is 42.5 Å². The van der Waals surface area contributed by atoms with Crippen molar-refractivity contribution in [1.29, 1.82) is 0 Å². The first-order chi connectivity index (χ1) is 12.2. The van der Waals surface area contributed by atoms with Crippen LogP contribution in [-0.4, -0.2) is 32.2 Å².